The van der Waals surface area contributed by atoms with E-state index < -0.39 is 20.2 Å². The van der Waals surface area contributed by atoms with Crippen LogP contribution in [0, 0.1) is 6.92 Å². The van der Waals surface area contributed by atoms with Crippen molar-refractivity contribution < 1.29 is 25.9 Å². The highest BCUT2D eigenvalue weighted by Crippen LogP contribution is 2.13. The van der Waals surface area contributed by atoms with Crippen LogP contribution in [0.4, 0.5) is 5.69 Å². The van der Waals surface area contributed by atoms with E-state index in [1.165, 1.54) is 24.3 Å². The predicted molar refractivity (Wildman–Crippen MR) is 99.9 cm³/mol. The van der Waals surface area contributed by atoms with Gasteiger partial charge in [-0.15, -0.1) is 0 Å². The zero-order chi connectivity index (χ0) is 20.0. The van der Waals surface area contributed by atoms with Gasteiger partial charge in [-0.2, -0.15) is 16.8 Å². The average Bonchev–Trinajstić information content (AvgIpc) is 2.54. The molecule has 142 valence electrons. The Kier molecular flexibility index (Phi) is 7.45. The van der Waals surface area contributed by atoms with Crippen LogP contribution in [0.1, 0.15) is 12.5 Å². The first-order valence-electron chi connectivity index (χ1n) is 7.25. The third-order valence-corrected chi connectivity index (χ3v) is 4.87. The number of hydrogen-bond donors (Lipinski definition) is 3. The number of rotatable bonds is 3. The third kappa shape index (κ3) is 7.31. The number of anilines is 1. The fourth-order valence-electron chi connectivity index (χ4n) is 1.69. The molecule has 2 rings (SSSR count). The van der Waals surface area contributed by atoms with Gasteiger partial charge < -0.3 is 5.32 Å². The molecule has 0 aliphatic rings. The van der Waals surface area contributed by atoms with Crippen LogP contribution < -0.4 is 5.32 Å². The molecule has 0 fully saturated rings. The summed E-state index contributed by atoms with van der Waals surface area (Å²) in [5, 5.41) is 2.94. The van der Waals surface area contributed by atoms with Gasteiger partial charge in [0.2, 0.25) is 0 Å². The second-order valence-corrected chi connectivity index (χ2v) is 8.06. The van der Waals surface area contributed by atoms with Crippen LogP contribution in [0.3, 0.4) is 0 Å². The van der Waals surface area contributed by atoms with Crippen molar-refractivity contribution in [2.75, 3.05) is 12.4 Å². The molecular formula is C16H20N2O6S2. The van der Waals surface area contributed by atoms with Crippen LogP contribution in [-0.4, -0.2) is 38.8 Å². The Hall–Kier alpha value is -2.27. The molecule has 0 saturated heterocycles. The summed E-state index contributed by atoms with van der Waals surface area (Å²) in [6.45, 7) is 3.63. The molecular weight excluding hydrogens is 380 g/mol. The highest BCUT2D eigenvalue weighted by Gasteiger charge is 2.08. The summed E-state index contributed by atoms with van der Waals surface area (Å²) in [5.41, 5.74) is 1.67. The van der Waals surface area contributed by atoms with Crippen LogP contribution >= 0.6 is 0 Å². The van der Waals surface area contributed by atoms with Crippen molar-refractivity contribution in [3.8, 4) is 0 Å². The van der Waals surface area contributed by atoms with E-state index in [0.717, 1.165) is 11.4 Å². The molecule has 0 unspecified atom stereocenters. The summed E-state index contributed by atoms with van der Waals surface area (Å²) in [4.78, 5) is 3.70. The van der Waals surface area contributed by atoms with Gasteiger partial charge in [0.15, 0.2) is 0 Å². The maximum Gasteiger partial charge on any atom is 0.294 e. The molecule has 8 nitrogen and oxygen atoms in total. The van der Waals surface area contributed by atoms with Gasteiger partial charge in [0.1, 0.15) is 0 Å². The lowest BCUT2D eigenvalue weighted by molar-refractivity contribution is 0.481. The summed E-state index contributed by atoms with van der Waals surface area (Å²) in [6.07, 6.45) is 0. The molecule has 2 aromatic rings. The summed E-state index contributed by atoms with van der Waals surface area (Å²) in [7, 11) is -6.48. The van der Waals surface area contributed by atoms with Crippen molar-refractivity contribution in [3.63, 3.8) is 0 Å². The molecule has 10 heteroatoms. The predicted octanol–water partition coefficient (Wildman–Crippen LogP) is 2.64. The Morgan fingerprint density at radius 1 is 0.846 bits per heavy atom. The highest BCUT2D eigenvalue weighted by molar-refractivity contribution is 7.86. The molecule has 3 N–H and O–H groups in total. The van der Waals surface area contributed by atoms with Gasteiger partial charge in [-0.05, 0) is 50.2 Å². The first-order chi connectivity index (χ1) is 11.9. The van der Waals surface area contributed by atoms with Crippen LogP contribution in [0.5, 0.6) is 0 Å². The molecule has 0 aliphatic carbocycles. The Balaban J connectivity index is 0.000000273. The van der Waals surface area contributed by atoms with Gasteiger partial charge in [0, 0.05) is 12.7 Å². The molecule has 0 saturated carbocycles. The van der Waals surface area contributed by atoms with E-state index in [2.05, 4.69) is 10.3 Å². The maximum atomic E-state index is 10.7. The zero-order valence-electron chi connectivity index (χ0n) is 14.4. The molecule has 0 amide bonds. The van der Waals surface area contributed by atoms with E-state index in [4.69, 9.17) is 9.11 Å². The van der Waals surface area contributed by atoms with E-state index in [-0.39, 0.29) is 9.79 Å². The Morgan fingerprint density at radius 2 is 1.23 bits per heavy atom. The molecule has 0 aliphatic heterocycles. The molecule has 0 atom stereocenters. The van der Waals surface area contributed by atoms with E-state index in [9.17, 15) is 16.8 Å². The van der Waals surface area contributed by atoms with Gasteiger partial charge in [-0.25, -0.2) is 0 Å². The van der Waals surface area contributed by atoms with Gasteiger partial charge in [-0.1, -0.05) is 17.7 Å². The maximum absolute atomic E-state index is 10.7. The van der Waals surface area contributed by atoms with Gasteiger partial charge >= 0.3 is 0 Å². The molecule has 0 spiro atoms. The molecule has 0 bridgehead atoms. The second kappa shape index (κ2) is 8.90. The van der Waals surface area contributed by atoms with Crippen molar-refractivity contribution >= 4 is 31.8 Å². The first-order valence-corrected chi connectivity index (χ1v) is 10.1. The normalized spacial score (nSPS) is 12.1. The lowest BCUT2D eigenvalue weighted by atomic mass is 10.2. The lowest BCUT2D eigenvalue weighted by Gasteiger charge is -2.05. The molecule has 0 aromatic heterocycles. The van der Waals surface area contributed by atoms with Crippen molar-refractivity contribution in [1.82, 2.24) is 0 Å². The van der Waals surface area contributed by atoms with E-state index in [1.54, 1.807) is 38.2 Å². The summed E-state index contributed by atoms with van der Waals surface area (Å²) >= 11 is 0. The lowest BCUT2D eigenvalue weighted by Crippen LogP contribution is -2.06. The monoisotopic (exact) mass is 400 g/mol. The van der Waals surface area contributed by atoms with Crippen molar-refractivity contribution in [2.24, 2.45) is 4.99 Å². The fourth-order valence-corrected chi connectivity index (χ4v) is 2.65. The molecule has 26 heavy (non-hydrogen) atoms. The number of aryl methyl sites for hydroxylation is 1. The largest absolute Gasteiger partial charge is 0.344 e. The summed E-state index contributed by atoms with van der Waals surface area (Å²) in [6, 6.07) is 11.7. The number of benzene rings is 2. The topological polar surface area (TPSA) is 133 Å². The Morgan fingerprint density at radius 3 is 1.58 bits per heavy atom. The Bertz CT molecular complexity index is 964. The van der Waals surface area contributed by atoms with Gasteiger partial charge in [0.05, 0.1) is 15.6 Å². The van der Waals surface area contributed by atoms with Gasteiger partial charge in [0.25, 0.3) is 20.2 Å². The zero-order valence-corrected chi connectivity index (χ0v) is 16.0. The highest BCUT2D eigenvalue weighted by atomic mass is 32.2. The molecule has 0 heterocycles. The molecule has 0 radical (unpaired) electrons. The van der Waals surface area contributed by atoms with Crippen molar-refractivity contribution in [1.29, 1.82) is 0 Å². The van der Waals surface area contributed by atoms with E-state index in [0.29, 0.717) is 5.69 Å². The van der Waals surface area contributed by atoms with Crippen LogP contribution in [0.25, 0.3) is 0 Å². The minimum Gasteiger partial charge on any atom is -0.344 e. The number of amidine groups is 1. The summed E-state index contributed by atoms with van der Waals surface area (Å²) < 4.78 is 59.8. The van der Waals surface area contributed by atoms with Gasteiger partial charge in [-0.3, -0.25) is 14.1 Å². The SMILES string of the molecule is CN=C(C)Nc1ccc(S(=O)(=O)O)cc1.Cc1ccc(S(=O)(=O)O)cc1. The fraction of sp³-hybridized carbons (Fsp3) is 0.188. The smallest absolute Gasteiger partial charge is 0.294 e. The summed E-state index contributed by atoms with van der Waals surface area (Å²) in [5.74, 6) is 0.717. The number of nitrogens with one attached hydrogen (secondary N) is 1. The van der Waals surface area contributed by atoms with Crippen molar-refractivity contribution in [2.45, 2.75) is 23.6 Å². The van der Waals surface area contributed by atoms with Crippen molar-refractivity contribution in [3.05, 3.63) is 54.1 Å². The minimum atomic E-state index is -4.11. The first kappa shape index (κ1) is 21.8. The van der Waals surface area contributed by atoms with Crippen LogP contribution in [-0.2, 0) is 20.2 Å². The van der Waals surface area contributed by atoms with Crippen LogP contribution in [0.2, 0.25) is 0 Å². The second-order valence-electron chi connectivity index (χ2n) is 5.22. The van der Waals surface area contributed by atoms with E-state index >= 15 is 0 Å². The van der Waals surface area contributed by atoms with Crippen LogP contribution in [0.15, 0.2) is 63.3 Å². The molecule has 2 aromatic carbocycles. The Labute approximate surface area is 153 Å². The standard InChI is InChI=1S/C9H12N2O3S.C7H8O3S/c1-7(10-2)11-8-3-5-9(6-4-8)15(12,13)14;1-6-2-4-7(5-3-6)11(8,9)10/h3-6H,1-2H3,(H,10,11)(H,12,13,14);2-5H,1H3,(H,8,9,10). The average molecular weight is 400 g/mol. The minimum absolute atomic E-state index is 0.0666. The third-order valence-electron chi connectivity index (χ3n) is 3.13. The number of aliphatic imine (C=N–C) groups is 1. The van der Waals surface area contributed by atoms with E-state index in [1.807, 2.05) is 6.92 Å². The quantitative estimate of drug-likeness (QED) is 0.410. The number of hydrogen-bond acceptors (Lipinski definition) is 5. The number of nitrogens with zero attached hydrogens (tertiary/aromatic N) is 1.